The first-order valence-corrected chi connectivity index (χ1v) is 11.2. The van der Waals surface area contributed by atoms with Gasteiger partial charge in [-0.25, -0.2) is 4.98 Å². The van der Waals surface area contributed by atoms with Gasteiger partial charge in [-0.15, -0.1) is 0 Å². The van der Waals surface area contributed by atoms with Crippen molar-refractivity contribution in [3.63, 3.8) is 0 Å². The Morgan fingerprint density at radius 3 is 2.61 bits per heavy atom. The van der Waals surface area contributed by atoms with Crippen LogP contribution < -0.4 is 10.2 Å². The van der Waals surface area contributed by atoms with E-state index in [4.69, 9.17) is 4.98 Å². The Morgan fingerprint density at radius 1 is 1.03 bits per heavy atom. The van der Waals surface area contributed by atoms with Gasteiger partial charge in [0.1, 0.15) is 6.07 Å². The summed E-state index contributed by atoms with van der Waals surface area (Å²) in [5.41, 5.74) is 7.73. The number of fused-ring (bicyclic) bond motifs is 2. The second-order valence-corrected chi connectivity index (χ2v) is 8.39. The van der Waals surface area contributed by atoms with E-state index in [1.54, 1.807) is 0 Å². The molecule has 1 aliphatic rings. The molecule has 0 radical (unpaired) electrons. The number of benzene rings is 2. The molecule has 0 amide bonds. The molecule has 0 spiro atoms. The summed E-state index contributed by atoms with van der Waals surface area (Å²) >= 11 is 0. The molecule has 0 bridgehead atoms. The van der Waals surface area contributed by atoms with E-state index in [2.05, 4.69) is 55.7 Å². The van der Waals surface area contributed by atoms with Crippen LogP contribution in [0.15, 0.2) is 54.7 Å². The van der Waals surface area contributed by atoms with Crippen molar-refractivity contribution in [1.82, 2.24) is 25.5 Å². The molecule has 6 rings (SSSR count). The smallest absolute Gasteiger partial charge is 0.156 e. The first-order valence-electron chi connectivity index (χ1n) is 11.2. The van der Waals surface area contributed by atoms with Crippen LogP contribution in [0.4, 0.5) is 5.69 Å². The van der Waals surface area contributed by atoms with E-state index in [1.165, 1.54) is 5.69 Å². The first kappa shape index (κ1) is 19.5. The quantitative estimate of drug-likeness (QED) is 0.393. The molecular formula is C26H23N7. The Hall–Kier alpha value is -4.15. The highest BCUT2D eigenvalue weighted by atomic mass is 15.2. The monoisotopic (exact) mass is 433 g/mol. The number of aromatic amines is 2. The predicted octanol–water partition coefficient (Wildman–Crippen LogP) is 4.36. The molecule has 3 N–H and O–H groups in total. The summed E-state index contributed by atoms with van der Waals surface area (Å²) in [7, 11) is 0. The van der Waals surface area contributed by atoms with Crippen LogP contribution in [0.5, 0.6) is 0 Å². The fourth-order valence-corrected chi connectivity index (χ4v) is 4.83. The van der Waals surface area contributed by atoms with Crippen molar-refractivity contribution in [2.75, 3.05) is 31.1 Å². The summed E-state index contributed by atoms with van der Waals surface area (Å²) < 4.78 is 0. The summed E-state index contributed by atoms with van der Waals surface area (Å²) in [5, 5.41) is 23.1. The first-order chi connectivity index (χ1) is 16.2. The average Bonchev–Trinajstić information content (AvgIpc) is 3.47. The Kier molecular flexibility index (Phi) is 4.60. The molecule has 3 aromatic heterocycles. The van der Waals surface area contributed by atoms with E-state index in [0.717, 1.165) is 64.9 Å². The van der Waals surface area contributed by atoms with Crippen LogP contribution in [0, 0.1) is 18.3 Å². The summed E-state index contributed by atoms with van der Waals surface area (Å²) in [4.78, 5) is 10.6. The average molecular weight is 434 g/mol. The van der Waals surface area contributed by atoms with Gasteiger partial charge in [0.15, 0.2) is 5.65 Å². The molecule has 162 valence electrons. The normalized spacial score (nSPS) is 14.1. The van der Waals surface area contributed by atoms with Gasteiger partial charge < -0.3 is 15.2 Å². The molecular weight excluding hydrogens is 410 g/mol. The second kappa shape index (κ2) is 7.76. The maximum absolute atomic E-state index is 10.3. The largest absolute Gasteiger partial charge is 0.369 e. The number of nitriles is 1. The van der Waals surface area contributed by atoms with Crippen LogP contribution in [0.3, 0.4) is 0 Å². The highest BCUT2D eigenvalue weighted by Gasteiger charge is 2.22. The molecule has 1 saturated heterocycles. The number of anilines is 1. The standard InChI is InChI=1S/C26H23N7/c1-16-23-24(17-6-8-18(9-7-17)33-12-10-28-11-13-33)20(14-27)25(30-26(23)32-31-16)21-15-29-22-5-3-2-4-19(21)22/h2-9,15,28-29H,10-13H2,1H3,(H,30,31,32). The Bertz CT molecular complexity index is 1510. The van der Waals surface area contributed by atoms with E-state index >= 15 is 0 Å². The highest BCUT2D eigenvalue weighted by molar-refractivity contribution is 6.04. The van der Waals surface area contributed by atoms with Crippen molar-refractivity contribution >= 4 is 27.6 Å². The van der Waals surface area contributed by atoms with Gasteiger partial charge in [-0.05, 0) is 30.7 Å². The molecule has 4 heterocycles. The lowest BCUT2D eigenvalue weighted by molar-refractivity contribution is 0.589. The number of nitrogens with zero attached hydrogens (tertiary/aromatic N) is 4. The van der Waals surface area contributed by atoms with Crippen molar-refractivity contribution in [1.29, 1.82) is 5.26 Å². The summed E-state index contributed by atoms with van der Waals surface area (Å²) in [6, 6.07) is 19.1. The maximum Gasteiger partial charge on any atom is 0.156 e. The zero-order chi connectivity index (χ0) is 22.4. The number of pyridine rings is 1. The number of rotatable bonds is 3. The van der Waals surface area contributed by atoms with Crippen molar-refractivity contribution < 1.29 is 0 Å². The van der Waals surface area contributed by atoms with Crippen LogP contribution in [0.2, 0.25) is 0 Å². The molecule has 1 aliphatic heterocycles. The van der Waals surface area contributed by atoms with Gasteiger partial charge >= 0.3 is 0 Å². The zero-order valence-corrected chi connectivity index (χ0v) is 18.3. The third-order valence-electron chi connectivity index (χ3n) is 6.48. The van der Waals surface area contributed by atoms with Crippen molar-refractivity contribution in [3.8, 4) is 28.5 Å². The van der Waals surface area contributed by atoms with Gasteiger partial charge in [-0.1, -0.05) is 30.3 Å². The molecule has 33 heavy (non-hydrogen) atoms. The summed E-state index contributed by atoms with van der Waals surface area (Å²) in [6.45, 7) is 5.92. The Balaban J connectivity index is 1.57. The van der Waals surface area contributed by atoms with Gasteiger partial charge in [-0.3, -0.25) is 5.10 Å². The Morgan fingerprint density at radius 2 is 1.82 bits per heavy atom. The van der Waals surface area contributed by atoms with E-state index in [-0.39, 0.29) is 0 Å². The SMILES string of the molecule is Cc1n[nH]c2nc(-c3c[nH]c4ccccc34)c(C#N)c(-c3ccc(N4CCNCC4)cc3)c12. The minimum Gasteiger partial charge on any atom is -0.369 e. The minimum absolute atomic E-state index is 0.562. The van der Waals surface area contributed by atoms with Crippen LogP contribution in [-0.2, 0) is 0 Å². The fraction of sp³-hybridized carbons (Fsp3) is 0.192. The lowest BCUT2D eigenvalue weighted by Crippen LogP contribution is -2.43. The van der Waals surface area contributed by atoms with Crippen molar-refractivity contribution in [2.45, 2.75) is 6.92 Å². The second-order valence-electron chi connectivity index (χ2n) is 8.39. The number of nitrogens with one attached hydrogen (secondary N) is 3. The molecule has 0 saturated carbocycles. The van der Waals surface area contributed by atoms with Gasteiger partial charge in [-0.2, -0.15) is 10.4 Å². The van der Waals surface area contributed by atoms with Crippen LogP contribution in [-0.4, -0.2) is 46.3 Å². The molecule has 0 unspecified atom stereocenters. The van der Waals surface area contributed by atoms with E-state index in [1.807, 2.05) is 37.4 Å². The van der Waals surface area contributed by atoms with Crippen molar-refractivity contribution in [3.05, 3.63) is 66.0 Å². The molecule has 2 aromatic carbocycles. The van der Waals surface area contributed by atoms with Gasteiger partial charge in [0.2, 0.25) is 0 Å². The predicted molar refractivity (Wildman–Crippen MR) is 131 cm³/mol. The van der Waals surface area contributed by atoms with Crippen molar-refractivity contribution in [2.24, 2.45) is 0 Å². The van der Waals surface area contributed by atoms with Crippen LogP contribution in [0.25, 0.3) is 44.3 Å². The van der Waals surface area contributed by atoms with Crippen LogP contribution in [0.1, 0.15) is 11.3 Å². The molecule has 7 nitrogen and oxygen atoms in total. The zero-order valence-electron chi connectivity index (χ0n) is 18.3. The topological polar surface area (TPSA) is 96.4 Å². The highest BCUT2D eigenvalue weighted by Crippen LogP contribution is 2.39. The molecule has 0 aliphatic carbocycles. The van der Waals surface area contributed by atoms with Gasteiger partial charge in [0.25, 0.3) is 0 Å². The molecule has 7 heteroatoms. The number of hydrogen-bond donors (Lipinski definition) is 3. The van der Waals surface area contributed by atoms with Crippen LogP contribution >= 0.6 is 0 Å². The molecule has 0 atom stereocenters. The Labute approximate surface area is 191 Å². The van der Waals surface area contributed by atoms with Gasteiger partial charge in [0.05, 0.1) is 22.3 Å². The number of H-pyrrole nitrogens is 2. The molecule has 5 aromatic rings. The van der Waals surface area contributed by atoms with E-state index in [9.17, 15) is 5.26 Å². The number of aryl methyl sites for hydroxylation is 1. The number of aromatic nitrogens is 4. The third kappa shape index (κ3) is 3.15. The maximum atomic E-state index is 10.3. The minimum atomic E-state index is 0.562. The van der Waals surface area contributed by atoms with E-state index in [0.29, 0.717) is 16.9 Å². The lowest BCUT2D eigenvalue weighted by atomic mass is 9.93. The summed E-state index contributed by atoms with van der Waals surface area (Å²) in [6.07, 6.45) is 1.93. The number of hydrogen-bond acceptors (Lipinski definition) is 5. The fourth-order valence-electron chi connectivity index (χ4n) is 4.83. The van der Waals surface area contributed by atoms with Gasteiger partial charge in [0, 0.05) is 60.1 Å². The number of para-hydroxylation sites is 1. The third-order valence-corrected chi connectivity index (χ3v) is 6.48. The molecule has 1 fully saturated rings. The number of piperazine rings is 1. The lowest BCUT2D eigenvalue weighted by Gasteiger charge is -2.29. The van der Waals surface area contributed by atoms with E-state index < -0.39 is 0 Å². The summed E-state index contributed by atoms with van der Waals surface area (Å²) in [5.74, 6) is 0.